The van der Waals surface area contributed by atoms with Crippen LogP contribution in [0.3, 0.4) is 0 Å². The van der Waals surface area contributed by atoms with Gasteiger partial charge in [0.1, 0.15) is 0 Å². The molecule has 2 heterocycles. The minimum absolute atomic E-state index is 0.0310. The molecule has 1 N–H and O–H groups in total. The lowest BCUT2D eigenvalue weighted by molar-refractivity contribution is -0.387. The van der Waals surface area contributed by atoms with Crippen LogP contribution in [0.15, 0.2) is 22.4 Å². The first kappa shape index (κ1) is 19.2. The van der Waals surface area contributed by atoms with Crippen LogP contribution in [0.1, 0.15) is 12.1 Å². The smallest absolute Gasteiger partial charge is 0.306 e. The number of carbonyl (C=O) groups is 2. The highest BCUT2D eigenvalue weighted by atomic mass is 32.2. The summed E-state index contributed by atoms with van der Waals surface area (Å²) in [5.41, 5.74) is 0.305. The molecule has 8 nitrogen and oxygen atoms in total. The first-order valence-electron chi connectivity index (χ1n) is 7.86. The van der Waals surface area contributed by atoms with E-state index in [0.29, 0.717) is 5.13 Å². The molecule has 3 rings (SSSR count). The number of anilines is 2. The molecule has 1 unspecified atom stereocenters. The second-order valence-corrected chi connectivity index (χ2v) is 7.96. The molecule has 0 saturated carbocycles. The lowest BCUT2D eigenvalue weighted by Gasteiger charge is -2.16. The van der Waals surface area contributed by atoms with Gasteiger partial charge >= 0.3 is 5.69 Å². The quantitative estimate of drug-likeness (QED) is 0.461. The van der Waals surface area contributed by atoms with Gasteiger partial charge in [-0.1, -0.05) is 11.3 Å². The van der Waals surface area contributed by atoms with Gasteiger partial charge in [-0.15, -0.1) is 11.8 Å². The second-order valence-electron chi connectivity index (χ2n) is 5.88. The van der Waals surface area contributed by atoms with Crippen LogP contribution in [0.2, 0.25) is 0 Å². The van der Waals surface area contributed by atoms with Gasteiger partial charge in [0, 0.05) is 19.0 Å². The number of rotatable bonds is 5. The lowest BCUT2D eigenvalue weighted by atomic mass is 10.1. The molecule has 27 heavy (non-hydrogen) atoms. The Kier molecular flexibility index (Phi) is 5.42. The summed E-state index contributed by atoms with van der Waals surface area (Å²) in [6, 6.07) is 3.23. The molecule has 0 spiro atoms. The van der Waals surface area contributed by atoms with Gasteiger partial charge in [-0.25, -0.2) is 4.98 Å². The van der Waals surface area contributed by atoms with Crippen LogP contribution in [-0.2, 0) is 9.59 Å². The van der Waals surface area contributed by atoms with Crippen molar-refractivity contribution in [2.45, 2.75) is 17.6 Å². The van der Waals surface area contributed by atoms with Gasteiger partial charge in [-0.2, -0.15) is 4.39 Å². The van der Waals surface area contributed by atoms with E-state index in [4.69, 9.17) is 0 Å². The van der Waals surface area contributed by atoms with Crippen molar-refractivity contribution in [2.24, 2.45) is 5.92 Å². The topological polar surface area (TPSA) is 105 Å². The number of nitro benzene ring substituents is 1. The predicted octanol–water partition coefficient (Wildman–Crippen LogP) is 3.21. The number of aryl methyl sites for hydroxylation is 1. The van der Waals surface area contributed by atoms with Crippen molar-refractivity contribution >= 4 is 51.4 Å². The number of thioether (sulfide) groups is 1. The van der Waals surface area contributed by atoms with E-state index in [-0.39, 0.29) is 30.5 Å². The molecule has 0 aliphatic carbocycles. The highest BCUT2D eigenvalue weighted by molar-refractivity contribution is 8.00. The van der Waals surface area contributed by atoms with Gasteiger partial charge in [0.2, 0.25) is 17.6 Å². The van der Waals surface area contributed by atoms with E-state index < -0.39 is 22.3 Å². The van der Waals surface area contributed by atoms with E-state index in [1.54, 1.807) is 0 Å². The van der Waals surface area contributed by atoms with Crippen molar-refractivity contribution in [3.63, 3.8) is 0 Å². The van der Waals surface area contributed by atoms with Crippen molar-refractivity contribution in [1.82, 2.24) is 4.98 Å². The largest absolute Gasteiger partial charge is 0.311 e. The molecule has 11 heteroatoms. The summed E-state index contributed by atoms with van der Waals surface area (Å²) in [4.78, 5) is 40.3. The number of nitrogens with zero attached hydrogens (tertiary/aromatic N) is 3. The molecule has 0 radical (unpaired) electrons. The molecule has 2 amide bonds. The third kappa shape index (κ3) is 3.93. The minimum Gasteiger partial charge on any atom is -0.311 e. The van der Waals surface area contributed by atoms with E-state index >= 15 is 0 Å². The average Bonchev–Trinajstić information content (AvgIpc) is 3.17. The number of nitrogens with one attached hydrogen (secondary N) is 1. The van der Waals surface area contributed by atoms with Gasteiger partial charge < -0.3 is 10.2 Å². The van der Waals surface area contributed by atoms with Gasteiger partial charge in [0.25, 0.3) is 0 Å². The average molecular weight is 410 g/mol. The highest BCUT2D eigenvalue weighted by Gasteiger charge is 2.36. The Hall–Kier alpha value is -2.53. The van der Waals surface area contributed by atoms with E-state index in [1.165, 1.54) is 34.1 Å². The molecule has 1 fully saturated rings. The van der Waals surface area contributed by atoms with Crippen LogP contribution in [-0.4, -0.2) is 34.5 Å². The Morgan fingerprint density at radius 1 is 1.52 bits per heavy atom. The molecule has 1 aliphatic heterocycles. The van der Waals surface area contributed by atoms with Crippen molar-refractivity contribution < 1.29 is 18.9 Å². The summed E-state index contributed by atoms with van der Waals surface area (Å²) >= 11 is 2.89. The summed E-state index contributed by atoms with van der Waals surface area (Å²) in [5, 5.41) is 14.1. The van der Waals surface area contributed by atoms with Gasteiger partial charge in [0.15, 0.2) is 5.13 Å². The summed E-state index contributed by atoms with van der Waals surface area (Å²) < 4.78 is 14.5. The zero-order valence-corrected chi connectivity index (χ0v) is 16.0. The minimum atomic E-state index is -0.978. The van der Waals surface area contributed by atoms with Crippen molar-refractivity contribution in [1.29, 1.82) is 0 Å². The number of aromatic nitrogens is 1. The van der Waals surface area contributed by atoms with Gasteiger partial charge in [-0.05, 0) is 25.3 Å². The number of carbonyl (C=O) groups excluding carboxylic acids is 2. The maximum absolute atomic E-state index is 13.5. The molecular formula is C16H15FN4O4S2. The summed E-state index contributed by atoms with van der Waals surface area (Å²) in [6.07, 6.45) is 1.89. The number of hydrogen-bond acceptors (Lipinski definition) is 7. The number of hydrogen-bond donors (Lipinski definition) is 1. The molecule has 1 aromatic heterocycles. The molecular weight excluding hydrogens is 395 g/mol. The third-order valence-electron chi connectivity index (χ3n) is 4.10. The van der Waals surface area contributed by atoms with E-state index in [9.17, 15) is 24.1 Å². The number of nitro groups is 1. The monoisotopic (exact) mass is 410 g/mol. The SMILES string of the molecule is CSc1sc(NC(=O)C2CC(=O)N(c3ccc(F)c([N+](=O)[O-])c3)C2)nc1C. The predicted molar refractivity (Wildman–Crippen MR) is 101 cm³/mol. The zero-order valence-electron chi connectivity index (χ0n) is 14.4. The summed E-state index contributed by atoms with van der Waals surface area (Å²) in [6.45, 7) is 1.91. The number of halogens is 1. The fourth-order valence-electron chi connectivity index (χ4n) is 2.77. The van der Waals surface area contributed by atoms with Crippen LogP contribution in [0.4, 0.5) is 20.9 Å². The van der Waals surface area contributed by atoms with Crippen molar-refractivity contribution in [3.8, 4) is 0 Å². The molecule has 1 aromatic carbocycles. The molecule has 1 aliphatic rings. The maximum Gasteiger partial charge on any atom is 0.306 e. The molecule has 1 saturated heterocycles. The normalized spacial score (nSPS) is 16.6. The van der Waals surface area contributed by atoms with E-state index in [1.807, 2.05) is 13.2 Å². The van der Waals surface area contributed by atoms with E-state index in [2.05, 4.69) is 10.3 Å². The molecule has 1 atom stereocenters. The van der Waals surface area contributed by atoms with Crippen molar-refractivity contribution in [2.75, 3.05) is 23.0 Å². The van der Waals surface area contributed by atoms with E-state index in [0.717, 1.165) is 22.0 Å². The second kappa shape index (κ2) is 7.61. The molecule has 142 valence electrons. The Morgan fingerprint density at radius 3 is 2.89 bits per heavy atom. The number of benzene rings is 1. The maximum atomic E-state index is 13.5. The molecule has 0 bridgehead atoms. The van der Waals surface area contributed by atoms with Crippen molar-refractivity contribution in [3.05, 3.63) is 39.8 Å². The van der Waals surface area contributed by atoms with Crippen LogP contribution in [0.5, 0.6) is 0 Å². The Morgan fingerprint density at radius 2 is 2.26 bits per heavy atom. The number of thiazole rings is 1. The Labute approximate surface area is 161 Å². The van der Waals surface area contributed by atoms with Gasteiger partial charge in [0.05, 0.1) is 26.4 Å². The first-order chi connectivity index (χ1) is 12.8. The third-order valence-corrected chi connectivity index (χ3v) is 6.39. The van der Waals surface area contributed by atoms with Gasteiger partial charge in [-0.3, -0.25) is 19.7 Å². The summed E-state index contributed by atoms with van der Waals surface area (Å²) in [5.74, 6) is -2.29. The molecule has 2 aromatic rings. The van der Waals surface area contributed by atoms with Crippen LogP contribution < -0.4 is 10.2 Å². The Balaban J connectivity index is 1.74. The fraction of sp³-hybridized carbons (Fsp3) is 0.312. The number of amides is 2. The first-order valence-corrected chi connectivity index (χ1v) is 9.91. The standard InChI is InChI=1S/C16H15FN4O4S2/c1-8-15(26-2)27-16(18-8)19-14(23)9-5-13(22)20(7-9)10-3-4-11(17)12(6-10)21(24)25/h3-4,6,9H,5,7H2,1-2H3,(H,18,19,23). The highest BCUT2D eigenvalue weighted by Crippen LogP contribution is 2.32. The zero-order chi connectivity index (χ0) is 19.7. The lowest BCUT2D eigenvalue weighted by Crippen LogP contribution is -2.28. The van der Waals surface area contributed by atoms with Crippen LogP contribution in [0.25, 0.3) is 0 Å². The van der Waals surface area contributed by atoms with Crippen LogP contribution in [0, 0.1) is 28.8 Å². The fourth-order valence-corrected chi connectivity index (χ4v) is 4.39. The summed E-state index contributed by atoms with van der Waals surface area (Å²) in [7, 11) is 0. The Bertz CT molecular complexity index is 933. The van der Waals surface area contributed by atoms with Crippen LogP contribution >= 0.6 is 23.1 Å².